The van der Waals surface area contributed by atoms with Crippen LogP contribution >= 0.6 is 0 Å². The summed E-state index contributed by atoms with van der Waals surface area (Å²) in [6.45, 7) is 1.87. The predicted octanol–water partition coefficient (Wildman–Crippen LogP) is 4.87. The lowest BCUT2D eigenvalue weighted by Gasteiger charge is -2.09. The van der Waals surface area contributed by atoms with Gasteiger partial charge < -0.3 is 5.32 Å². The van der Waals surface area contributed by atoms with Crippen LogP contribution in [-0.2, 0) is 4.79 Å². The van der Waals surface area contributed by atoms with E-state index in [1.165, 1.54) is 6.08 Å². The van der Waals surface area contributed by atoms with Gasteiger partial charge in [0, 0.05) is 22.9 Å². The Morgan fingerprint density at radius 3 is 2.21 bits per heavy atom. The summed E-state index contributed by atoms with van der Waals surface area (Å²) in [6.07, 6.45) is 3.07. The fourth-order valence-corrected chi connectivity index (χ4v) is 3.52. The van der Waals surface area contributed by atoms with Gasteiger partial charge in [-0.2, -0.15) is 0 Å². The second-order valence-electron chi connectivity index (χ2n) is 7.69. The van der Waals surface area contributed by atoms with Crippen LogP contribution in [0.25, 0.3) is 16.8 Å². The lowest BCUT2D eigenvalue weighted by molar-refractivity contribution is -0.117. The molecule has 0 spiro atoms. The van der Waals surface area contributed by atoms with Crippen LogP contribution in [0.15, 0.2) is 97.1 Å². The molecule has 0 bridgehead atoms. The molecule has 4 aromatic carbocycles. The van der Waals surface area contributed by atoms with Gasteiger partial charge in [-0.1, -0.05) is 60.7 Å². The van der Waals surface area contributed by atoms with E-state index in [2.05, 4.69) is 16.2 Å². The maximum absolute atomic E-state index is 12.4. The first-order valence-corrected chi connectivity index (χ1v) is 10.7. The van der Waals surface area contributed by atoms with Crippen molar-refractivity contribution in [2.24, 2.45) is 0 Å². The van der Waals surface area contributed by atoms with E-state index in [-0.39, 0.29) is 5.91 Å². The first-order valence-electron chi connectivity index (χ1n) is 10.7. The largest absolute Gasteiger partial charge is 0.322 e. The second-order valence-corrected chi connectivity index (χ2v) is 7.69. The fraction of sp³-hybridized carbons (Fsp3) is 0.0357. The van der Waals surface area contributed by atoms with E-state index < -0.39 is 11.8 Å². The molecule has 0 fully saturated rings. The summed E-state index contributed by atoms with van der Waals surface area (Å²) in [6, 6.07) is 27.5. The summed E-state index contributed by atoms with van der Waals surface area (Å²) in [4.78, 5) is 36.9. The van der Waals surface area contributed by atoms with Crippen LogP contribution in [0, 0.1) is 6.92 Å². The van der Waals surface area contributed by atoms with Crippen molar-refractivity contribution in [2.45, 2.75) is 6.92 Å². The molecule has 0 aliphatic heterocycles. The summed E-state index contributed by atoms with van der Waals surface area (Å²) in [7, 11) is 0. The molecule has 0 aromatic heterocycles. The van der Waals surface area contributed by atoms with Crippen LogP contribution in [0.3, 0.4) is 0 Å². The van der Waals surface area contributed by atoms with Crippen molar-refractivity contribution in [1.29, 1.82) is 0 Å². The first-order chi connectivity index (χ1) is 16.5. The molecule has 0 heterocycles. The molecule has 6 heteroatoms. The zero-order valence-electron chi connectivity index (χ0n) is 18.5. The third-order valence-corrected chi connectivity index (χ3v) is 5.33. The number of aryl methyl sites for hydroxylation is 1. The van der Waals surface area contributed by atoms with Crippen LogP contribution < -0.4 is 16.2 Å². The zero-order valence-corrected chi connectivity index (χ0v) is 18.5. The lowest BCUT2D eigenvalue weighted by Crippen LogP contribution is -2.40. The van der Waals surface area contributed by atoms with Crippen molar-refractivity contribution in [3.63, 3.8) is 0 Å². The minimum atomic E-state index is -0.469. The highest BCUT2D eigenvalue weighted by Gasteiger charge is 2.10. The number of hydrogen-bond acceptors (Lipinski definition) is 3. The van der Waals surface area contributed by atoms with Crippen molar-refractivity contribution >= 4 is 40.3 Å². The van der Waals surface area contributed by atoms with Gasteiger partial charge in [-0.05, 0) is 65.2 Å². The van der Waals surface area contributed by atoms with Crippen molar-refractivity contribution in [2.75, 3.05) is 5.32 Å². The van der Waals surface area contributed by atoms with Gasteiger partial charge in [0.25, 0.3) is 17.7 Å². The molecule has 0 aliphatic carbocycles. The summed E-state index contributed by atoms with van der Waals surface area (Å²) in [5.74, 6) is -1.15. The highest BCUT2D eigenvalue weighted by atomic mass is 16.2. The maximum Gasteiger partial charge on any atom is 0.269 e. The van der Waals surface area contributed by atoms with Crippen molar-refractivity contribution in [3.8, 4) is 0 Å². The van der Waals surface area contributed by atoms with E-state index >= 15 is 0 Å². The number of benzene rings is 4. The summed E-state index contributed by atoms with van der Waals surface area (Å²) >= 11 is 0. The molecular weight excluding hydrogens is 426 g/mol. The molecule has 6 nitrogen and oxygen atoms in total. The van der Waals surface area contributed by atoms with E-state index in [9.17, 15) is 14.4 Å². The van der Waals surface area contributed by atoms with Crippen LogP contribution in [0.1, 0.15) is 31.8 Å². The molecule has 0 saturated heterocycles. The zero-order chi connectivity index (χ0) is 23.9. The van der Waals surface area contributed by atoms with E-state index in [1.807, 2.05) is 61.5 Å². The van der Waals surface area contributed by atoms with Gasteiger partial charge in [0.2, 0.25) is 0 Å². The van der Waals surface area contributed by atoms with Crippen molar-refractivity contribution in [3.05, 3.63) is 119 Å². The molecule has 3 N–H and O–H groups in total. The maximum atomic E-state index is 12.4. The van der Waals surface area contributed by atoms with Crippen LogP contribution in [-0.4, -0.2) is 17.7 Å². The van der Waals surface area contributed by atoms with Crippen LogP contribution in [0.2, 0.25) is 0 Å². The van der Waals surface area contributed by atoms with E-state index in [1.54, 1.807) is 42.5 Å². The number of fused-ring (bicyclic) bond motifs is 1. The third-order valence-electron chi connectivity index (χ3n) is 5.33. The van der Waals surface area contributed by atoms with Gasteiger partial charge in [0.15, 0.2) is 0 Å². The molecular formula is C28H23N3O3. The number of carbonyl (C=O) groups excluding carboxylic acids is 3. The first kappa shape index (κ1) is 22.5. The number of anilines is 1. The number of rotatable bonds is 5. The number of carbonyl (C=O) groups is 3. The number of hydrazine groups is 1. The minimum absolute atomic E-state index is 0.222. The molecule has 3 amide bonds. The molecule has 168 valence electrons. The van der Waals surface area contributed by atoms with Gasteiger partial charge in [0.05, 0.1) is 0 Å². The Hall–Kier alpha value is -4.71. The van der Waals surface area contributed by atoms with Gasteiger partial charge in [-0.25, -0.2) is 0 Å². The Labute approximate surface area is 197 Å². The smallest absolute Gasteiger partial charge is 0.269 e. The SMILES string of the molecule is Cc1ccccc1C(=O)Nc1ccc(C(=O)NNC(=O)/C=C/c2cccc3ccccc23)cc1. The molecule has 0 atom stereocenters. The summed E-state index contributed by atoms with van der Waals surface area (Å²) in [5, 5.41) is 4.93. The van der Waals surface area contributed by atoms with Crippen LogP contribution in [0.5, 0.6) is 0 Å². The Balaban J connectivity index is 1.32. The second kappa shape index (κ2) is 10.3. The summed E-state index contributed by atoms with van der Waals surface area (Å²) < 4.78 is 0. The molecule has 0 radical (unpaired) electrons. The Morgan fingerprint density at radius 1 is 0.706 bits per heavy atom. The standard InChI is InChI=1S/C28H23N3O3/c1-19-7-2-4-11-24(19)28(34)29-23-16-13-22(14-17-23)27(33)31-30-26(32)18-15-21-10-6-9-20-8-3-5-12-25(20)21/h2-18H,1H3,(H,29,34)(H,30,32)(H,31,33)/b18-15+. The highest BCUT2D eigenvalue weighted by Crippen LogP contribution is 2.19. The van der Waals surface area contributed by atoms with Gasteiger partial charge >= 0.3 is 0 Å². The van der Waals surface area contributed by atoms with E-state index in [4.69, 9.17) is 0 Å². The molecule has 4 aromatic rings. The third kappa shape index (κ3) is 5.37. The lowest BCUT2D eigenvalue weighted by atomic mass is 10.0. The van der Waals surface area contributed by atoms with Crippen LogP contribution in [0.4, 0.5) is 5.69 Å². The highest BCUT2D eigenvalue weighted by molar-refractivity contribution is 6.05. The molecule has 4 rings (SSSR count). The van der Waals surface area contributed by atoms with Crippen molar-refractivity contribution in [1.82, 2.24) is 10.9 Å². The van der Waals surface area contributed by atoms with E-state index in [0.717, 1.165) is 21.9 Å². The molecule has 34 heavy (non-hydrogen) atoms. The number of amides is 3. The molecule has 0 saturated carbocycles. The molecule has 0 aliphatic rings. The topological polar surface area (TPSA) is 87.3 Å². The number of nitrogens with one attached hydrogen (secondary N) is 3. The number of hydrogen-bond donors (Lipinski definition) is 3. The fourth-order valence-electron chi connectivity index (χ4n) is 3.52. The monoisotopic (exact) mass is 449 g/mol. The van der Waals surface area contributed by atoms with Gasteiger partial charge in [-0.15, -0.1) is 0 Å². The Kier molecular flexibility index (Phi) is 6.79. The average molecular weight is 450 g/mol. The van der Waals surface area contributed by atoms with Gasteiger partial charge in [0.1, 0.15) is 0 Å². The Bertz CT molecular complexity index is 1390. The molecule has 0 unspecified atom stereocenters. The Morgan fingerprint density at radius 2 is 1.41 bits per heavy atom. The normalized spacial score (nSPS) is 10.7. The van der Waals surface area contributed by atoms with Gasteiger partial charge in [-0.3, -0.25) is 25.2 Å². The summed E-state index contributed by atoms with van der Waals surface area (Å²) in [5.41, 5.74) is 8.04. The predicted molar refractivity (Wildman–Crippen MR) is 134 cm³/mol. The average Bonchev–Trinajstić information content (AvgIpc) is 2.86. The minimum Gasteiger partial charge on any atom is -0.322 e. The van der Waals surface area contributed by atoms with E-state index in [0.29, 0.717) is 16.8 Å². The van der Waals surface area contributed by atoms with Crippen molar-refractivity contribution < 1.29 is 14.4 Å². The quantitative estimate of drug-likeness (QED) is 0.300.